The van der Waals surface area contributed by atoms with Crippen molar-refractivity contribution < 1.29 is 28.7 Å². The van der Waals surface area contributed by atoms with E-state index >= 15 is 0 Å². The van der Waals surface area contributed by atoms with Crippen LogP contribution in [0, 0.1) is 22.5 Å². The van der Waals surface area contributed by atoms with Crippen LogP contribution in [0.25, 0.3) is 0 Å². The number of terminal acetylenes is 1. The van der Waals surface area contributed by atoms with Gasteiger partial charge in [-0.25, -0.2) is 9.59 Å². The highest BCUT2D eigenvalue weighted by molar-refractivity contribution is 5.89. The topological polar surface area (TPSA) is 133 Å². The molecule has 0 heterocycles. The Morgan fingerprint density at radius 3 is 1.91 bits per heavy atom. The fraction of sp³-hybridized carbons (Fsp3) is 0.200. The van der Waals surface area contributed by atoms with E-state index in [9.17, 15) is 19.7 Å². The molecule has 4 aromatic rings. The first-order valence-corrected chi connectivity index (χ1v) is 14.5. The van der Waals surface area contributed by atoms with Crippen molar-refractivity contribution in [2.24, 2.45) is 10.2 Å². The third kappa shape index (κ3) is 10.0. The van der Waals surface area contributed by atoms with Crippen molar-refractivity contribution in [1.82, 2.24) is 0 Å². The number of hydrogen-bond donors (Lipinski definition) is 0. The van der Waals surface area contributed by atoms with E-state index < -0.39 is 16.9 Å². The summed E-state index contributed by atoms with van der Waals surface area (Å²) >= 11 is 0. The molecule has 0 unspecified atom stereocenters. The predicted molar refractivity (Wildman–Crippen MR) is 173 cm³/mol. The lowest BCUT2D eigenvalue weighted by molar-refractivity contribution is -0.384. The molecule has 0 N–H and O–H groups in total. The summed E-state index contributed by atoms with van der Waals surface area (Å²) in [6.07, 6.45) is 6.39. The van der Waals surface area contributed by atoms with Gasteiger partial charge in [0.05, 0.1) is 47.5 Å². The van der Waals surface area contributed by atoms with Crippen molar-refractivity contribution in [1.29, 1.82) is 0 Å². The summed E-state index contributed by atoms with van der Waals surface area (Å²) in [6.45, 7) is 1.16. The number of hydrogen-bond acceptors (Lipinski definition) is 10. The first-order chi connectivity index (χ1) is 22.4. The van der Waals surface area contributed by atoms with Crippen molar-refractivity contribution in [2.45, 2.75) is 12.8 Å². The van der Waals surface area contributed by atoms with E-state index in [-0.39, 0.29) is 31.3 Å². The van der Waals surface area contributed by atoms with E-state index in [4.69, 9.17) is 20.6 Å². The number of azo groups is 1. The number of carbonyl (C=O) groups excluding carboxylic acids is 2. The number of esters is 2. The van der Waals surface area contributed by atoms with Gasteiger partial charge in [0.1, 0.15) is 18.9 Å². The summed E-state index contributed by atoms with van der Waals surface area (Å²) in [4.78, 5) is 37.5. The molecular formula is C35H32N4O7. The van der Waals surface area contributed by atoms with Gasteiger partial charge < -0.3 is 19.1 Å². The monoisotopic (exact) mass is 620 g/mol. The van der Waals surface area contributed by atoms with Gasteiger partial charge in [-0.15, -0.1) is 17.5 Å². The summed E-state index contributed by atoms with van der Waals surface area (Å²) in [5.74, 6) is 1.89. The molecule has 234 valence electrons. The average molecular weight is 621 g/mol. The number of nitro groups is 1. The van der Waals surface area contributed by atoms with Gasteiger partial charge in [0.15, 0.2) is 5.75 Å². The van der Waals surface area contributed by atoms with Crippen LogP contribution in [0.3, 0.4) is 0 Å². The van der Waals surface area contributed by atoms with Crippen molar-refractivity contribution in [3.63, 3.8) is 0 Å². The minimum absolute atomic E-state index is 0.103. The number of ether oxygens (including phenoxy) is 3. The largest absolute Gasteiger partial charge is 0.491 e. The van der Waals surface area contributed by atoms with Gasteiger partial charge in [0.2, 0.25) is 0 Å². The van der Waals surface area contributed by atoms with E-state index in [0.717, 1.165) is 5.69 Å². The maximum Gasteiger partial charge on any atom is 0.338 e. The van der Waals surface area contributed by atoms with Gasteiger partial charge >= 0.3 is 11.9 Å². The molecule has 0 radical (unpaired) electrons. The second-order valence-corrected chi connectivity index (χ2v) is 9.77. The van der Waals surface area contributed by atoms with Gasteiger partial charge in [0, 0.05) is 18.2 Å². The molecule has 11 heteroatoms. The Balaban J connectivity index is 1.44. The summed E-state index contributed by atoms with van der Waals surface area (Å²) in [6, 6.07) is 28.7. The second-order valence-electron chi connectivity index (χ2n) is 9.77. The first-order valence-electron chi connectivity index (χ1n) is 14.5. The van der Waals surface area contributed by atoms with E-state index in [1.54, 1.807) is 60.7 Å². The van der Waals surface area contributed by atoms with Crippen molar-refractivity contribution in [2.75, 3.05) is 37.8 Å². The Labute approximate surface area is 266 Å². The van der Waals surface area contributed by atoms with Crippen LogP contribution in [0.2, 0.25) is 0 Å². The van der Waals surface area contributed by atoms with Crippen LogP contribution in [0.4, 0.5) is 22.7 Å². The molecule has 46 heavy (non-hydrogen) atoms. The van der Waals surface area contributed by atoms with Crippen molar-refractivity contribution in [3.05, 3.63) is 124 Å². The van der Waals surface area contributed by atoms with Gasteiger partial charge in [0.25, 0.3) is 5.69 Å². The molecule has 0 saturated heterocycles. The number of unbranched alkanes of at least 4 members (excludes halogenated alkanes) is 1. The minimum Gasteiger partial charge on any atom is -0.491 e. The summed E-state index contributed by atoms with van der Waals surface area (Å²) < 4.78 is 16.7. The van der Waals surface area contributed by atoms with Gasteiger partial charge in [-0.05, 0) is 61.0 Å². The standard InChI is InChI=1S/C35H32N4O7/c1-2-3-10-23-44-33-26-31(39(42)43)19-20-32(33)37-36-29-15-17-30(18-16-29)38(21-24-45-34(40)27-11-6-4-7-12-27)22-25-46-35(41)28-13-8-5-9-14-28/h1,4-9,11-20,26H,3,10,21-25H2. The SMILES string of the molecule is C#CCCCOc1cc([N+](=O)[O-])ccc1N=Nc1ccc(N(CCOC(=O)c2ccccc2)CCOC(=O)c2ccccc2)cc1. The molecule has 0 aliphatic heterocycles. The third-order valence-electron chi connectivity index (χ3n) is 6.57. The highest BCUT2D eigenvalue weighted by Gasteiger charge is 2.14. The Bertz CT molecular complexity index is 1610. The van der Waals surface area contributed by atoms with Gasteiger partial charge in [-0.1, -0.05) is 36.4 Å². The number of nitro benzene ring substituents is 1. The van der Waals surface area contributed by atoms with Crippen LogP contribution >= 0.6 is 0 Å². The van der Waals surface area contributed by atoms with Gasteiger partial charge in [-0.2, -0.15) is 5.11 Å². The molecule has 11 nitrogen and oxygen atoms in total. The highest BCUT2D eigenvalue weighted by Crippen LogP contribution is 2.33. The van der Waals surface area contributed by atoms with Crippen LogP contribution < -0.4 is 9.64 Å². The number of anilines is 1. The summed E-state index contributed by atoms with van der Waals surface area (Å²) in [5.41, 5.74) is 2.41. The quantitative estimate of drug-likeness (QED) is 0.0318. The smallest absolute Gasteiger partial charge is 0.338 e. The molecule has 4 rings (SSSR count). The van der Waals surface area contributed by atoms with Gasteiger partial charge in [-0.3, -0.25) is 10.1 Å². The zero-order valence-electron chi connectivity index (χ0n) is 25.0. The number of rotatable bonds is 16. The van der Waals surface area contributed by atoms with Crippen LogP contribution in [0.5, 0.6) is 5.75 Å². The Kier molecular flexibility index (Phi) is 12.4. The lowest BCUT2D eigenvalue weighted by Gasteiger charge is -2.24. The van der Waals surface area contributed by atoms with Crippen LogP contribution in [-0.4, -0.2) is 49.8 Å². The van der Waals surface area contributed by atoms with E-state index in [0.29, 0.717) is 48.4 Å². The minimum atomic E-state index is -0.509. The molecule has 0 aliphatic rings. The third-order valence-corrected chi connectivity index (χ3v) is 6.57. The Morgan fingerprint density at radius 2 is 1.37 bits per heavy atom. The van der Waals surface area contributed by atoms with E-state index in [1.165, 1.54) is 18.2 Å². The molecule has 0 amide bonds. The van der Waals surface area contributed by atoms with Crippen LogP contribution in [0.1, 0.15) is 33.6 Å². The fourth-order valence-corrected chi connectivity index (χ4v) is 4.19. The number of carbonyl (C=O) groups is 2. The zero-order chi connectivity index (χ0) is 32.6. The van der Waals surface area contributed by atoms with E-state index in [1.807, 2.05) is 29.2 Å². The summed E-state index contributed by atoms with van der Waals surface area (Å²) in [7, 11) is 0. The van der Waals surface area contributed by atoms with Crippen molar-refractivity contribution >= 4 is 34.7 Å². The fourth-order valence-electron chi connectivity index (χ4n) is 4.19. The Morgan fingerprint density at radius 1 is 0.783 bits per heavy atom. The van der Waals surface area contributed by atoms with Crippen LogP contribution in [-0.2, 0) is 9.47 Å². The molecule has 0 saturated carbocycles. The maximum absolute atomic E-state index is 12.4. The number of non-ortho nitro benzene ring substituents is 1. The van der Waals surface area contributed by atoms with E-state index in [2.05, 4.69) is 16.1 Å². The molecule has 0 bridgehead atoms. The second kappa shape index (κ2) is 17.3. The highest BCUT2D eigenvalue weighted by atomic mass is 16.6. The molecular weight excluding hydrogens is 588 g/mol. The molecule has 0 fully saturated rings. The normalized spacial score (nSPS) is 10.6. The molecule has 0 aliphatic carbocycles. The lowest BCUT2D eigenvalue weighted by atomic mass is 10.2. The lowest BCUT2D eigenvalue weighted by Crippen LogP contribution is -2.32. The molecule has 0 spiro atoms. The predicted octanol–water partition coefficient (Wildman–Crippen LogP) is 7.32. The Hall–Kier alpha value is -6.02. The number of benzene rings is 4. The first kappa shape index (κ1) is 32.9. The zero-order valence-corrected chi connectivity index (χ0v) is 25.0. The molecule has 4 aromatic carbocycles. The molecule has 0 atom stereocenters. The van der Waals surface area contributed by atoms with Crippen LogP contribution in [0.15, 0.2) is 113 Å². The average Bonchev–Trinajstić information content (AvgIpc) is 3.09. The maximum atomic E-state index is 12.4. The van der Waals surface area contributed by atoms with Crippen molar-refractivity contribution in [3.8, 4) is 18.1 Å². The summed E-state index contributed by atoms with van der Waals surface area (Å²) in [5, 5.41) is 19.8. The molecule has 0 aromatic heterocycles. The number of nitrogens with zero attached hydrogens (tertiary/aromatic N) is 4.